The van der Waals surface area contributed by atoms with Crippen molar-refractivity contribution in [3.63, 3.8) is 0 Å². The summed E-state index contributed by atoms with van der Waals surface area (Å²) in [4.78, 5) is 19.7. The van der Waals surface area contributed by atoms with Crippen molar-refractivity contribution in [1.29, 1.82) is 0 Å². The van der Waals surface area contributed by atoms with Crippen LogP contribution in [0.5, 0.6) is 5.75 Å². The third kappa shape index (κ3) is 3.12. The van der Waals surface area contributed by atoms with Crippen molar-refractivity contribution in [1.82, 2.24) is 9.88 Å². The lowest BCUT2D eigenvalue weighted by molar-refractivity contribution is 0.0703. The van der Waals surface area contributed by atoms with Gasteiger partial charge in [0.15, 0.2) is 0 Å². The van der Waals surface area contributed by atoms with Gasteiger partial charge in [-0.1, -0.05) is 24.3 Å². The largest absolute Gasteiger partial charge is 0.496 e. The van der Waals surface area contributed by atoms with Gasteiger partial charge in [0.2, 0.25) is 0 Å². The van der Waals surface area contributed by atoms with Crippen LogP contribution in [0.25, 0.3) is 10.2 Å². The van der Waals surface area contributed by atoms with E-state index in [1.807, 2.05) is 41.3 Å². The SMILES string of the molecule is COc1ccccc1C(=O)N1CCCC(c2nc3ccccc3s2)C1. The highest BCUT2D eigenvalue weighted by atomic mass is 32.1. The molecule has 1 atom stereocenters. The van der Waals surface area contributed by atoms with Crippen molar-refractivity contribution in [2.75, 3.05) is 20.2 Å². The Balaban J connectivity index is 1.57. The van der Waals surface area contributed by atoms with Gasteiger partial charge in [-0.3, -0.25) is 4.79 Å². The van der Waals surface area contributed by atoms with Gasteiger partial charge in [-0.05, 0) is 37.1 Å². The summed E-state index contributed by atoms with van der Waals surface area (Å²) >= 11 is 1.75. The van der Waals surface area contributed by atoms with Crippen LogP contribution in [0.3, 0.4) is 0 Å². The topological polar surface area (TPSA) is 42.4 Å². The van der Waals surface area contributed by atoms with Gasteiger partial charge in [0.05, 0.1) is 27.9 Å². The summed E-state index contributed by atoms with van der Waals surface area (Å²) in [5.74, 6) is 0.989. The van der Waals surface area contributed by atoms with Gasteiger partial charge in [-0.2, -0.15) is 0 Å². The van der Waals surface area contributed by atoms with Gasteiger partial charge in [-0.15, -0.1) is 11.3 Å². The lowest BCUT2D eigenvalue weighted by atomic mass is 9.98. The second kappa shape index (κ2) is 6.84. The number of carbonyl (C=O) groups excluding carboxylic acids is 1. The Hall–Kier alpha value is -2.40. The van der Waals surface area contributed by atoms with E-state index < -0.39 is 0 Å². The first-order valence-electron chi connectivity index (χ1n) is 8.54. The lowest BCUT2D eigenvalue weighted by Gasteiger charge is -2.32. The summed E-state index contributed by atoms with van der Waals surface area (Å²) in [7, 11) is 1.60. The fourth-order valence-electron chi connectivity index (χ4n) is 3.42. The molecule has 1 aromatic heterocycles. The zero-order valence-corrected chi connectivity index (χ0v) is 15.0. The Bertz CT molecular complexity index is 872. The van der Waals surface area contributed by atoms with Gasteiger partial charge in [0.25, 0.3) is 5.91 Å². The number of fused-ring (bicyclic) bond motifs is 1. The fourth-order valence-corrected chi connectivity index (χ4v) is 4.51. The maximum atomic E-state index is 13.0. The first kappa shape index (κ1) is 16.1. The van der Waals surface area contributed by atoms with Crippen LogP contribution < -0.4 is 4.74 Å². The minimum Gasteiger partial charge on any atom is -0.496 e. The van der Waals surface area contributed by atoms with Crippen LogP contribution in [0.2, 0.25) is 0 Å². The highest BCUT2D eigenvalue weighted by molar-refractivity contribution is 7.18. The number of aromatic nitrogens is 1. The highest BCUT2D eigenvalue weighted by Crippen LogP contribution is 2.33. The second-order valence-corrected chi connectivity index (χ2v) is 7.37. The van der Waals surface area contributed by atoms with Gasteiger partial charge in [0, 0.05) is 19.0 Å². The van der Waals surface area contributed by atoms with E-state index in [1.165, 1.54) is 4.70 Å². The molecule has 1 aliphatic rings. The molecule has 0 N–H and O–H groups in total. The van der Waals surface area contributed by atoms with Gasteiger partial charge in [0.1, 0.15) is 5.75 Å². The van der Waals surface area contributed by atoms with Gasteiger partial charge in [-0.25, -0.2) is 4.98 Å². The molecule has 1 unspecified atom stereocenters. The maximum absolute atomic E-state index is 13.0. The summed E-state index contributed by atoms with van der Waals surface area (Å²) in [5.41, 5.74) is 1.69. The Labute approximate surface area is 151 Å². The molecule has 0 saturated carbocycles. The summed E-state index contributed by atoms with van der Waals surface area (Å²) < 4.78 is 6.56. The molecule has 0 spiro atoms. The van der Waals surface area contributed by atoms with Crippen LogP contribution in [0.1, 0.15) is 34.1 Å². The molecular formula is C20H20N2O2S. The third-order valence-corrected chi connectivity index (χ3v) is 5.90. The van der Waals surface area contributed by atoms with Gasteiger partial charge < -0.3 is 9.64 Å². The smallest absolute Gasteiger partial charge is 0.257 e. The van der Waals surface area contributed by atoms with Crippen molar-refractivity contribution >= 4 is 27.5 Å². The molecule has 1 aliphatic heterocycles. The predicted octanol–water partition coefficient (Wildman–Crippen LogP) is 4.32. The van der Waals surface area contributed by atoms with Crippen LogP contribution in [0.15, 0.2) is 48.5 Å². The first-order valence-corrected chi connectivity index (χ1v) is 9.35. The molecule has 2 aromatic carbocycles. The second-order valence-electron chi connectivity index (χ2n) is 6.31. The molecule has 3 aromatic rings. The summed E-state index contributed by atoms with van der Waals surface area (Å²) in [6.07, 6.45) is 2.08. The molecular weight excluding hydrogens is 332 g/mol. The van der Waals surface area contributed by atoms with Crippen molar-refractivity contribution in [3.05, 3.63) is 59.1 Å². The van der Waals surface area contributed by atoms with E-state index >= 15 is 0 Å². The number of piperidine rings is 1. The number of methoxy groups -OCH3 is 1. The molecule has 1 saturated heterocycles. The molecule has 5 heteroatoms. The Morgan fingerprint density at radius 2 is 2.00 bits per heavy atom. The summed E-state index contributed by atoms with van der Waals surface area (Å²) in [5, 5.41) is 1.14. The number of nitrogens with zero attached hydrogens (tertiary/aromatic N) is 2. The number of para-hydroxylation sites is 2. The summed E-state index contributed by atoms with van der Waals surface area (Å²) in [6, 6.07) is 15.7. The molecule has 0 aliphatic carbocycles. The normalized spacial score (nSPS) is 17.6. The van der Waals surface area contributed by atoms with E-state index in [2.05, 4.69) is 12.1 Å². The zero-order valence-electron chi connectivity index (χ0n) is 14.1. The van der Waals surface area contributed by atoms with Crippen molar-refractivity contribution < 1.29 is 9.53 Å². The average molecular weight is 352 g/mol. The summed E-state index contributed by atoms with van der Waals surface area (Å²) in [6.45, 7) is 1.51. The molecule has 2 heterocycles. The standard InChI is InChI=1S/C20H20N2O2S/c1-24-17-10-4-2-8-15(17)20(23)22-12-6-7-14(13-22)19-21-16-9-3-5-11-18(16)25-19/h2-5,8-11,14H,6-7,12-13H2,1H3. The molecule has 1 amide bonds. The Morgan fingerprint density at radius 1 is 1.20 bits per heavy atom. The van der Waals surface area contributed by atoms with E-state index in [4.69, 9.17) is 9.72 Å². The minimum absolute atomic E-state index is 0.0447. The van der Waals surface area contributed by atoms with Crippen LogP contribution in [0.4, 0.5) is 0 Å². The van der Waals surface area contributed by atoms with E-state index in [0.717, 1.165) is 36.5 Å². The molecule has 1 fully saturated rings. The Kier molecular flexibility index (Phi) is 4.40. The van der Waals surface area contributed by atoms with Crippen LogP contribution >= 0.6 is 11.3 Å². The lowest BCUT2D eigenvalue weighted by Crippen LogP contribution is -2.39. The van der Waals surface area contributed by atoms with Crippen LogP contribution in [-0.4, -0.2) is 36.0 Å². The molecule has 128 valence electrons. The Morgan fingerprint density at radius 3 is 2.84 bits per heavy atom. The molecule has 4 rings (SSSR count). The molecule has 25 heavy (non-hydrogen) atoms. The van der Waals surface area contributed by atoms with Crippen molar-refractivity contribution in [2.24, 2.45) is 0 Å². The number of likely N-dealkylation sites (tertiary alicyclic amines) is 1. The number of rotatable bonds is 3. The highest BCUT2D eigenvalue weighted by Gasteiger charge is 2.28. The van der Waals surface area contributed by atoms with Crippen molar-refractivity contribution in [2.45, 2.75) is 18.8 Å². The van der Waals surface area contributed by atoms with Crippen LogP contribution in [-0.2, 0) is 0 Å². The monoisotopic (exact) mass is 352 g/mol. The number of benzene rings is 2. The van der Waals surface area contributed by atoms with Crippen molar-refractivity contribution in [3.8, 4) is 5.75 Å². The quantitative estimate of drug-likeness (QED) is 0.705. The molecule has 0 radical (unpaired) electrons. The van der Waals surface area contributed by atoms with E-state index in [0.29, 0.717) is 17.2 Å². The fraction of sp³-hybridized carbons (Fsp3) is 0.300. The van der Waals surface area contributed by atoms with Crippen LogP contribution in [0, 0.1) is 0 Å². The molecule has 0 bridgehead atoms. The number of ether oxygens (including phenoxy) is 1. The van der Waals surface area contributed by atoms with Gasteiger partial charge >= 0.3 is 0 Å². The average Bonchev–Trinajstić information content (AvgIpc) is 3.12. The third-order valence-electron chi connectivity index (χ3n) is 4.71. The molecule has 4 nitrogen and oxygen atoms in total. The predicted molar refractivity (Wildman–Crippen MR) is 100 cm³/mol. The zero-order chi connectivity index (χ0) is 17.2. The van der Waals surface area contributed by atoms with E-state index in [1.54, 1.807) is 18.4 Å². The van der Waals surface area contributed by atoms with E-state index in [-0.39, 0.29) is 5.91 Å². The van der Waals surface area contributed by atoms with E-state index in [9.17, 15) is 4.79 Å². The maximum Gasteiger partial charge on any atom is 0.257 e. The number of hydrogen-bond acceptors (Lipinski definition) is 4. The first-order chi connectivity index (χ1) is 12.3. The number of thiazole rings is 1. The number of hydrogen-bond donors (Lipinski definition) is 0. The number of carbonyl (C=O) groups is 1. The minimum atomic E-state index is 0.0447. The number of amides is 1.